The maximum absolute atomic E-state index is 12.4. The molecule has 2 atom stereocenters. The molecule has 0 saturated heterocycles. The number of phenols is 1. The highest BCUT2D eigenvalue weighted by atomic mass is 16.5. The third kappa shape index (κ3) is 3.49. The molecule has 1 aliphatic rings. The van der Waals surface area contributed by atoms with Gasteiger partial charge in [-0.05, 0) is 44.4 Å². The van der Waals surface area contributed by atoms with Crippen molar-refractivity contribution in [1.29, 1.82) is 0 Å². The average molecular weight is 320 g/mol. The molecule has 1 unspecified atom stereocenters. The molecule has 1 aromatic rings. The molecule has 23 heavy (non-hydrogen) atoms. The molecule has 2 N–H and O–H groups in total. The number of Topliss-reactive ketones (excluding diaryl/α,β-unsaturated/α-hetero) is 1. The molecule has 1 heterocycles. The molecule has 0 radical (unpaired) electrons. The zero-order valence-corrected chi connectivity index (χ0v) is 13.9. The van der Waals surface area contributed by atoms with E-state index in [4.69, 9.17) is 4.74 Å². The maximum atomic E-state index is 12.4. The lowest BCUT2D eigenvalue weighted by Crippen LogP contribution is -2.47. The highest BCUT2D eigenvalue weighted by Gasteiger charge is 2.45. The Hall–Kier alpha value is -2.04. The van der Waals surface area contributed by atoms with Crippen LogP contribution in [0.5, 0.6) is 11.5 Å². The third-order valence-corrected chi connectivity index (χ3v) is 4.63. The molecule has 2 rings (SSSR count). The van der Waals surface area contributed by atoms with Gasteiger partial charge in [0.15, 0.2) is 5.78 Å². The van der Waals surface area contributed by atoms with Gasteiger partial charge in [-0.1, -0.05) is 19.8 Å². The largest absolute Gasteiger partial charge is 0.507 e. The topological polar surface area (TPSA) is 83.8 Å². The fourth-order valence-corrected chi connectivity index (χ4v) is 2.94. The second kappa shape index (κ2) is 6.60. The summed E-state index contributed by atoms with van der Waals surface area (Å²) in [7, 11) is 0. The van der Waals surface area contributed by atoms with Gasteiger partial charge in [-0.15, -0.1) is 0 Å². The second-order valence-corrected chi connectivity index (χ2v) is 6.52. The van der Waals surface area contributed by atoms with Crippen molar-refractivity contribution in [3.63, 3.8) is 0 Å². The molecule has 0 amide bonds. The normalized spacial score (nSPS) is 21.4. The lowest BCUT2D eigenvalue weighted by molar-refractivity contribution is -0.148. The van der Waals surface area contributed by atoms with Crippen LogP contribution in [-0.4, -0.2) is 27.6 Å². The van der Waals surface area contributed by atoms with Crippen LogP contribution in [0.15, 0.2) is 12.1 Å². The van der Waals surface area contributed by atoms with Gasteiger partial charge in [0.1, 0.15) is 22.7 Å². The predicted octanol–water partition coefficient (Wildman–Crippen LogP) is 3.57. The van der Waals surface area contributed by atoms with Crippen LogP contribution in [0.2, 0.25) is 0 Å². The van der Waals surface area contributed by atoms with Crippen molar-refractivity contribution in [3.05, 3.63) is 23.3 Å². The van der Waals surface area contributed by atoms with Gasteiger partial charge >= 0.3 is 5.97 Å². The number of unbranched alkanes of at least 4 members (excludes halogenated alkanes) is 2. The van der Waals surface area contributed by atoms with E-state index < -0.39 is 17.5 Å². The summed E-state index contributed by atoms with van der Waals surface area (Å²) < 4.78 is 5.88. The Bertz CT molecular complexity index is 622. The van der Waals surface area contributed by atoms with E-state index in [1.807, 2.05) is 0 Å². The number of fused-ring (bicyclic) bond motifs is 1. The number of phenolic OH excluding ortho intramolecular Hbond substituents is 1. The maximum Gasteiger partial charge on any atom is 0.310 e. The molecular formula is C18H24O5. The van der Waals surface area contributed by atoms with Crippen LogP contribution in [0.1, 0.15) is 62.4 Å². The summed E-state index contributed by atoms with van der Waals surface area (Å²) in [6, 6.07) is 3.37. The van der Waals surface area contributed by atoms with Gasteiger partial charge in [-0.25, -0.2) is 0 Å². The highest BCUT2D eigenvalue weighted by Crippen LogP contribution is 2.42. The number of hydrogen-bond donors (Lipinski definition) is 2. The Kier molecular flexibility index (Phi) is 4.97. The lowest BCUT2D eigenvalue weighted by atomic mass is 9.81. The van der Waals surface area contributed by atoms with E-state index >= 15 is 0 Å². The van der Waals surface area contributed by atoms with Crippen LogP contribution in [0.4, 0.5) is 0 Å². The SMILES string of the molecule is CCCCCc1cc(O)c2c(c1)O[C@@](C)(C(C)C(=O)O)CC2=O. The number of ether oxygens (including phenoxy) is 1. The van der Waals surface area contributed by atoms with E-state index in [2.05, 4.69) is 6.92 Å². The van der Waals surface area contributed by atoms with Gasteiger partial charge in [-0.2, -0.15) is 0 Å². The van der Waals surface area contributed by atoms with Crippen LogP contribution >= 0.6 is 0 Å². The van der Waals surface area contributed by atoms with E-state index in [0.717, 1.165) is 31.2 Å². The number of carboxylic acid groups (broad SMARTS) is 1. The van der Waals surface area contributed by atoms with Crippen molar-refractivity contribution in [2.24, 2.45) is 5.92 Å². The number of carboxylic acids is 1. The number of aromatic hydroxyl groups is 1. The molecular weight excluding hydrogens is 296 g/mol. The molecule has 1 aliphatic heterocycles. The minimum Gasteiger partial charge on any atom is -0.507 e. The number of aryl methyl sites for hydroxylation is 1. The molecule has 126 valence electrons. The number of hydrogen-bond acceptors (Lipinski definition) is 4. The summed E-state index contributed by atoms with van der Waals surface area (Å²) in [5.41, 5.74) is -0.0428. The minimum atomic E-state index is -1.11. The fourth-order valence-electron chi connectivity index (χ4n) is 2.94. The molecule has 5 nitrogen and oxygen atoms in total. The number of aliphatic carboxylic acids is 1. The number of ketones is 1. The van der Waals surface area contributed by atoms with E-state index in [1.165, 1.54) is 6.92 Å². The molecule has 5 heteroatoms. The quantitative estimate of drug-likeness (QED) is 0.783. The standard InChI is InChI=1S/C18H24O5/c1-4-5-6-7-12-8-13(19)16-14(20)10-18(3,11(2)17(21)22)23-15(16)9-12/h8-9,11,19H,4-7,10H2,1-3H3,(H,21,22)/t11?,18-/m1/s1. The summed E-state index contributed by atoms with van der Waals surface area (Å²) >= 11 is 0. The number of carbonyl (C=O) groups excluding carboxylic acids is 1. The molecule has 0 bridgehead atoms. The van der Waals surface area contributed by atoms with E-state index in [1.54, 1.807) is 19.1 Å². The smallest absolute Gasteiger partial charge is 0.310 e. The zero-order chi connectivity index (χ0) is 17.2. The van der Waals surface area contributed by atoms with Gasteiger partial charge in [0.2, 0.25) is 0 Å². The van der Waals surface area contributed by atoms with Crippen molar-refractivity contribution < 1.29 is 24.5 Å². The summed E-state index contributed by atoms with van der Waals surface area (Å²) in [5, 5.41) is 19.4. The van der Waals surface area contributed by atoms with Gasteiger partial charge in [0.25, 0.3) is 0 Å². The first-order valence-electron chi connectivity index (χ1n) is 8.09. The van der Waals surface area contributed by atoms with Gasteiger partial charge < -0.3 is 14.9 Å². The first-order chi connectivity index (χ1) is 10.8. The molecule has 0 spiro atoms. The van der Waals surface area contributed by atoms with Crippen LogP contribution < -0.4 is 4.74 Å². The molecule has 0 fully saturated rings. The average Bonchev–Trinajstić information content (AvgIpc) is 2.45. The summed E-state index contributed by atoms with van der Waals surface area (Å²) in [5.74, 6) is -1.90. The first-order valence-corrected chi connectivity index (χ1v) is 8.09. The van der Waals surface area contributed by atoms with Gasteiger partial charge in [-0.3, -0.25) is 9.59 Å². The van der Waals surface area contributed by atoms with Gasteiger partial charge in [0, 0.05) is 0 Å². The summed E-state index contributed by atoms with van der Waals surface area (Å²) in [6.45, 7) is 5.28. The molecule has 1 aromatic carbocycles. The van der Waals surface area contributed by atoms with Crippen LogP contribution in [0, 0.1) is 5.92 Å². The summed E-state index contributed by atoms with van der Waals surface area (Å²) in [6.07, 6.45) is 3.91. The van der Waals surface area contributed by atoms with Crippen molar-refractivity contribution in [1.82, 2.24) is 0 Å². The zero-order valence-electron chi connectivity index (χ0n) is 13.9. The van der Waals surface area contributed by atoms with Gasteiger partial charge in [0.05, 0.1) is 12.3 Å². The third-order valence-electron chi connectivity index (χ3n) is 4.63. The van der Waals surface area contributed by atoms with E-state index in [0.29, 0.717) is 5.75 Å². The number of benzene rings is 1. The molecule has 0 aliphatic carbocycles. The van der Waals surface area contributed by atoms with Crippen molar-refractivity contribution in [2.45, 2.75) is 58.5 Å². The predicted molar refractivity (Wildman–Crippen MR) is 86.1 cm³/mol. The Balaban J connectivity index is 2.34. The Morgan fingerprint density at radius 3 is 2.70 bits per heavy atom. The number of rotatable bonds is 6. The lowest BCUT2D eigenvalue weighted by Gasteiger charge is -2.38. The van der Waals surface area contributed by atoms with E-state index in [-0.39, 0.29) is 23.5 Å². The van der Waals surface area contributed by atoms with Crippen LogP contribution in [0.3, 0.4) is 0 Å². The van der Waals surface area contributed by atoms with Crippen molar-refractivity contribution >= 4 is 11.8 Å². The first kappa shape index (κ1) is 17.3. The van der Waals surface area contributed by atoms with E-state index in [9.17, 15) is 19.8 Å². The van der Waals surface area contributed by atoms with Crippen LogP contribution in [-0.2, 0) is 11.2 Å². The highest BCUT2D eigenvalue weighted by molar-refractivity contribution is 6.03. The molecule has 0 saturated carbocycles. The fraction of sp³-hybridized carbons (Fsp3) is 0.556. The molecule has 0 aromatic heterocycles. The second-order valence-electron chi connectivity index (χ2n) is 6.52. The Morgan fingerprint density at radius 2 is 2.09 bits per heavy atom. The van der Waals surface area contributed by atoms with Crippen molar-refractivity contribution in [3.8, 4) is 11.5 Å². The summed E-state index contributed by atoms with van der Waals surface area (Å²) in [4.78, 5) is 23.7. The Labute approximate surface area is 136 Å². The van der Waals surface area contributed by atoms with Crippen LogP contribution in [0.25, 0.3) is 0 Å². The number of carbonyl (C=O) groups is 2. The minimum absolute atomic E-state index is 0.0593. The Morgan fingerprint density at radius 1 is 1.39 bits per heavy atom. The monoisotopic (exact) mass is 320 g/mol. The van der Waals surface area contributed by atoms with Crippen molar-refractivity contribution in [2.75, 3.05) is 0 Å².